The van der Waals surface area contributed by atoms with Crippen LogP contribution in [0.1, 0.15) is 33.1 Å². The molecule has 0 unspecified atom stereocenters. The van der Waals surface area contributed by atoms with Crippen molar-refractivity contribution in [2.75, 3.05) is 26.2 Å². The fourth-order valence-corrected chi connectivity index (χ4v) is 2.56. The van der Waals surface area contributed by atoms with Gasteiger partial charge in [0, 0.05) is 32.2 Å². The van der Waals surface area contributed by atoms with Gasteiger partial charge in [0.25, 0.3) is 0 Å². The number of carbonyl (C=O) groups excluding carboxylic acids is 1. The second-order valence-corrected chi connectivity index (χ2v) is 5.72. The van der Waals surface area contributed by atoms with Crippen LogP contribution < -0.4 is 5.73 Å². The van der Waals surface area contributed by atoms with Gasteiger partial charge in [-0.15, -0.1) is 0 Å². The summed E-state index contributed by atoms with van der Waals surface area (Å²) in [7, 11) is 0. The molecule has 1 atom stereocenters. The third-order valence-electron chi connectivity index (χ3n) is 4.22. The van der Waals surface area contributed by atoms with Gasteiger partial charge in [-0.05, 0) is 18.8 Å². The van der Waals surface area contributed by atoms with Gasteiger partial charge in [-0.25, -0.2) is 0 Å². The lowest BCUT2D eigenvalue weighted by Crippen LogP contribution is -2.57. The van der Waals surface area contributed by atoms with Crippen LogP contribution in [0.4, 0.5) is 0 Å². The van der Waals surface area contributed by atoms with Crippen LogP contribution in [-0.4, -0.2) is 54.0 Å². The topological polar surface area (TPSA) is 49.6 Å². The zero-order valence-electron chi connectivity index (χ0n) is 11.1. The zero-order valence-corrected chi connectivity index (χ0v) is 11.1. The molecule has 0 bridgehead atoms. The molecule has 1 amide bonds. The van der Waals surface area contributed by atoms with Crippen molar-refractivity contribution in [3.63, 3.8) is 0 Å². The quantitative estimate of drug-likeness (QED) is 0.787. The average Bonchev–Trinajstić information content (AvgIpc) is 2.25. The second kappa shape index (κ2) is 5.36. The highest BCUT2D eigenvalue weighted by Crippen LogP contribution is 2.25. The Morgan fingerprint density at radius 1 is 1.18 bits per heavy atom. The first kappa shape index (κ1) is 12.8. The Bertz CT molecular complexity index is 268. The van der Waals surface area contributed by atoms with E-state index in [4.69, 9.17) is 5.73 Å². The maximum absolute atomic E-state index is 12.1. The first-order valence-corrected chi connectivity index (χ1v) is 6.88. The molecular weight excluding hydrogens is 214 g/mol. The van der Waals surface area contributed by atoms with Gasteiger partial charge in [0.15, 0.2) is 0 Å². The van der Waals surface area contributed by atoms with E-state index in [-0.39, 0.29) is 17.9 Å². The molecule has 1 aliphatic carbocycles. The molecule has 0 aromatic heterocycles. The number of carbonyl (C=O) groups is 1. The van der Waals surface area contributed by atoms with Crippen molar-refractivity contribution in [2.24, 2.45) is 11.7 Å². The minimum absolute atomic E-state index is 0.133. The fraction of sp³-hybridized carbons (Fsp3) is 0.923. The molecule has 0 aromatic carbocycles. The van der Waals surface area contributed by atoms with Gasteiger partial charge in [0.2, 0.25) is 5.91 Å². The number of rotatable bonds is 3. The van der Waals surface area contributed by atoms with Crippen LogP contribution in [0.2, 0.25) is 0 Å². The normalized spacial score (nSPS) is 24.8. The first-order valence-electron chi connectivity index (χ1n) is 6.88. The van der Waals surface area contributed by atoms with E-state index in [1.54, 1.807) is 0 Å². The molecule has 0 spiro atoms. The van der Waals surface area contributed by atoms with Gasteiger partial charge in [0.1, 0.15) is 0 Å². The van der Waals surface area contributed by atoms with Crippen LogP contribution in [0, 0.1) is 5.92 Å². The maximum Gasteiger partial charge on any atom is 0.239 e. The number of nitrogens with two attached hydrogens (primary N) is 1. The smallest absolute Gasteiger partial charge is 0.239 e. The van der Waals surface area contributed by atoms with Crippen LogP contribution in [0.15, 0.2) is 0 Å². The number of amides is 1. The Hall–Kier alpha value is -0.610. The number of nitrogens with zero attached hydrogens (tertiary/aromatic N) is 2. The molecule has 1 saturated carbocycles. The summed E-state index contributed by atoms with van der Waals surface area (Å²) >= 11 is 0. The lowest BCUT2D eigenvalue weighted by Gasteiger charge is -2.43. The maximum atomic E-state index is 12.1. The van der Waals surface area contributed by atoms with E-state index in [1.165, 1.54) is 19.3 Å². The van der Waals surface area contributed by atoms with Gasteiger partial charge in [-0.2, -0.15) is 0 Å². The van der Waals surface area contributed by atoms with Crippen LogP contribution in [-0.2, 0) is 4.79 Å². The first-order chi connectivity index (χ1) is 8.09. The Morgan fingerprint density at radius 3 is 2.18 bits per heavy atom. The highest BCUT2D eigenvalue weighted by atomic mass is 16.2. The van der Waals surface area contributed by atoms with Crippen molar-refractivity contribution in [3.05, 3.63) is 0 Å². The monoisotopic (exact) mass is 239 g/mol. The van der Waals surface area contributed by atoms with Crippen molar-refractivity contribution in [2.45, 2.75) is 45.2 Å². The molecule has 4 heteroatoms. The van der Waals surface area contributed by atoms with Crippen LogP contribution >= 0.6 is 0 Å². The Labute approximate surface area is 104 Å². The van der Waals surface area contributed by atoms with Crippen molar-refractivity contribution in [1.29, 1.82) is 0 Å². The second-order valence-electron chi connectivity index (χ2n) is 5.72. The third-order valence-corrected chi connectivity index (χ3v) is 4.22. The van der Waals surface area contributed by atoms with E-state index < -0.39 is 0 Å². The van der Waals surface area contributed by atoms with Crippen molar-refractivity contribution >= 4 is 5.91 Å². The molecule has 2 N–H and O–H groups in total. The molecule has 1 heterocycles. The van der Waals surface area contributed by atoms with E-state index >= 15 is 0 Å². The Kier molecular flexibility index (Phi) is 4.05. The Balaban J connectivity index is 1.79. The van der Waals surface area contributed by atoms with Crippen LogP contribution in [0.5, 0.6) is 0 Å². The summed E-state index contributed by atoms with van der Waals surface area (Å²) in [5, 5.41) is 0. The van der Waals surface area contributed by atoms with E-state index in [1.807, 2.05) is 18.7 Å². The van der Waals surface area contributed by atoms with Crippen LogP contribution in [0.3, 0.4) is 0 Å². The standard InChI is InChI=1S/C13H25N3O/c1-10(2)12(14)13(17)16-8-6-15(7-9-16)11-4-3-5-11/h10-12H,3-9,14H2,1-2H3/t12-/m0/s1. The predicted octanol–water partition coefficient (Wildman–Crippen LogP) is 0.666. The molecule has 4 nitrogen and oxygen atoms in total. The number of piperazine rings is 1. The van der Waals surface area contributed by atoms with E-state index in [0.29, 0.717) is 0 Å². The SMILES string of the molecule is CC(C)[C@H](N)C(=O)N1CCN(C2CCC2)CC1. The molecule has 1 aliphatic heterocycles. The average molecular weight is 239 g/mol. The van der Waals surface area contributed by atoms with Crippen molar-refractivity contribution in [3.8, 4) is 0 Å². The summed E-state index contributed by atoms with van der Waals surface area (Å²) in [6.45, 7) is 7.79. The van der Waals surface area contributed by atoms with Gasteiger partial charge < -0.3 is 10.6 Å². The number of hydrogen-bond donors (Lipinski definition) is 1. The van der Waals surface area contributed by atoms with Gasteiger partial charge in [0.05, 0.1) is 6.04 Å². The lowest BCUT2D eigenvalue weighted by atomic mass is 9.91. The minimum Gasteiger partial charge on any atom is -0.339 e. The molecule has 2 rings (SSSR count). The largest absolute Gasteiger partial charge is 0.339 e. The predicted molar refractivity (Wildman–Crippen MR) is 68.6 cm³/mol. The van der Waals surface area contributed by atoms with Gasteiger partial charge in [-0.3, -0.25) is 9.69 Å². The minimum atomic E-state index is -0.328. The summed E-state index contributed by atoms with van der Waals surface area (Å²) in [5.41, 5.74) is 5.92. The molecule has 2 aliphatic rings. The fourth-order valence-electron chi connectivity index (χ4n) is 2.56. The third kappa shape index (κ3) is 2.80. The van der Waals surface area contributed by atoms with Gasteiger partial charge in [-0.1, -0.05) is 20.3 Å². The van der Waals surface area contributed by atoms with E-state index in [9.17, 15) is 4.79 Å². The van der Waals surface area contributed by atoms with Crippen LogP contribution in [0.25, 0.3) is 0 Å². The van der Waals surface area contributed by atoms with E-state index in [0.717, 1.165) is 32.2 Å². The highest BCUT2D eigenvalue weighted by Gasteiger charge is 2.31. The summed E-state index contributed by atoms with van der Waals surface area (Å²) in [6.07, 6.45) is 4.07. The lowest BCUT2D eigenvalue weighted by molar-refractivity contribution is -0.135. The number of hydrogen-bond acceptors (Lipinski definition) is 3. The summed E-state index contributed by atoms with van der Waals surface area (Å²) in [4.78, 5) is 16.6. The molecule has 1 saturated heterocycles. The molecule has 98 valence electrons. The Morgan fingerprint density at radius 2 is 1.76 bits per heavy atom. The molecule has 2 fully saturated rings. The van der Waals surface area contributed by atoms with Gasteiger partial charge >= 0.3 is 0 Å². The molecular formula is C13H25N3O. The molecule has 17 heavy (non-hydrogen) atoms. The van der Waals surface area contributed by atoms with Crippen molar-refractivity contribution < 1.29 is 4.79 Å². The molecule has 0 radical (unpaired) electrons. The summed E-state index contributed by atoms with van der Waals surface area (Å²) in [5.74, 6) is 0.362. The van der Waals surface area contributed by atoms with Crippen molar-refractivity contribution in [1.82, 2.24) is 9.80 Å². The zero-order chi connectivity index (χ0) is 12.4. The summed E-state index contributed by atoms with van der Waals surface area (Å²) < 4.78 is 0. The summed E-state index contributed by atoms with van der Waals surface area (Å²) in [6, 6.07) is 0.469. The van der Waals surface area contributed by atoms with E-state index in [2.05, 4.69) is 4.90 Å². The highest BCUT2D eigenvalue weighted by molar-refractivity contribution is 5.82. The molecule has 0 aromatic rings.